The number of aliphatic imine (C=N–C) groups is 1. The maximum absolute atomic E-state index is 12.9. The molecule has 11 heteroatoms. The van der Waals surface area contributed by atoms with Gasteiger partial charge in [0.05, 0.1) is 0 Å². The molecule has 3 N–H and O–H groups in total. The summed E-state index contributed by atoms with van der Waals surface area (Å²) in [4.78, 5) is 11.6. The number of alkyl halides is 3. The lowest BCUT2D eigenvalue weighted by Gasteiger charge is -2.12. The number of hydrogen-bond acceptors (Lipinski definition) is 4. The molecule has 1 aromatic heterocycles. The van der Waals surface area contributed by atoms with E-state index in [1.54, 1.807) is 12.1 Å². The van der Waals surface area contributed by atoms with Crippen molar-refractivity contribution in [1.29, 1.82) is 0 Å². The number of halogens is 5. The van der Waals surface area contributed by atoms with Crippen LogP contribution in [0.5, 0.6) is 0 Å². The number of guanidine groups is 1. The van der Waals surface area contributed by atoms with Crippen LogP contribution in [0.25, 0.3) is 0 Å². The Hall–Kier alpha value is -2.18. The van der Waals surface area contributed by atoms with E-state index in [1.807, 2.05) is 6.92 Å². The van der Waals surface area contributed by atoms with E-state index in [2.05, 4.69) is 30.9 Å². The van der Waals surface area contributed by atoms with Gasteiger partial charge >= 0.3 is 6.18 Å². The summed E-state index contributed by atoms with van der Waals surface area (Å²) in [5.41, 5.74) is -0.0157. The minimum Gasteiger partial charge on any atom is -0.357 e. The number of rotatable bonds is 8. The lowest BCUT2D eigenvalue weighted by atomic mass is 10.1. The van der Waals surface area contributed by atoms with Crippen LogP contribution in [0, 0.1) is 5.82 Å². The van der Waals surface area contributed by atoms with E-state index in [4.69, 9.17) is 0 Å². The maximum Gasteiger partial charge on any atom is 0.433 e. The third kappa shape index (κ3) is 9.24. The van der Waals surface area contributed by atoms with Crippen molar-refractivity contribution in [2.75, 3.05) is 31.5 Å². The van der Waals surface area contributed by atoms with Gasteiger partial charge in [0.2, 0.25) is 5.95 Å². The highest BCUT2D eigenvalue weighted by Gasteiger charge is 2.32. The fraction of sp³-hybridized carbons (Fsp3) is 0.389. The topological polar surface area (TPSA) is 74.2 Å². The highest BCUT2D eigenvalue weighted by molar-refractivity contribution is 14.0. The van der Waals surface area contributed by atoms with E-state index >= 15 is 0 Å². The minimum atomic E-state index is -4.51. The molecule has 1 heterocycles. The Labute approximate surface area is 183 Å². The van der Waals surface area contributed by atoms with Crippen molar-refractivity contribution in [1.82, 2.24) is 20.6 Å². The van der Waals surface area contributed by atoms with Gasteiger partial charge in [-0.2, -0.15) is 13.2 Å². The van der Waals surface area contributed by atoms with Crippen LogP contribution in [0.2, 0.25) is 0 Å². The molecule has 0 spiro atoms. The Kier molecular flexibility index (Phi) is 10.6. The van der Waals surface area contributed by atoms with E-state index in [0.717, 1.165) is 17.8 Å². The predicted molar refractivity (Wildman–Crippen MR) is 115 cm³/mol. The summed E-state index contributed by atoms with van der Waals surface area (Å²) in [7, 11) is 0. The monoisotopic (exact) mass is 526 g/mol. The van der Waals surface area contributed by atoms with Gasteiger partial charge in [0.15, 0.2) is 5.96 Å². The highest BCUT2D eigenvalue weighted by atomic mass is 127. The van der Waals surface area contributed by atoms with Gasteiger partial charge in [0.1, 0.15) is 11.5 Å². The van der Waals surface area contributed by atoms with Crippen molar-refractivity contribution in [3.63, 3.8) is 0 Å². The number of nitrogens with zero attached hydrogens (tertiary/aromatic N) is 3. The predicted octanol–water partition coefficient (Wildman–Crippen LogP) is 3.46. The van der Waals surface area contributed by atoms with Crippen LogP contribution in [-0.4, -0.2) is 42.1 Å². The third-order valence-corrected chi connectivity index (χ3v) is 3.57. The van der Waals surface area contributed by atoms with Crippen molar-refractivity contribution in [3.8, 4) is 0 Å². The molecule has 2 aromatic rings. The Bertz CT molecular complexity index is 768. The summed E-state index contributed by atoms with van der Waals surface area (Å²) in [5.74, 6) is 0.214. The van der Waals surface area contributed by atoms with Gasteiger partial charge in [-0.05, 0) is 37.1 Å². The average molecular weight is 526 g/mol. The molecule has 0 fully saturated rings. The van der Waals surface area contributed by atoms with Crippen molar-refractivity contribution >= 4 is 35.9 Å². The molecule has 0 unspecified atom stereocenters. The summed E-state index contributed by atoms with van der Waals surface area (Å²) in [6.45, 7) is 3.80. The van der Waals surface area contributed by atoms with E-state index in [9.17, 15) is 17.6 Å². The first-order chi connectivity index (χ1) is 13.4. The Balaban J connectivity index is 0.00000420. The normalized spacial score (nSPS) is 11.6. The van der Waals surface area contributed by atoms with Gasteiger partial charge in [-0.3, -0.25) is 4.99 Å². The zero-order valence-electron chi connectivity index (χ0n) is 15.8. The molecule has 6 nitrogen and oxygen atoms in total. The minimum absolute atomic E-state index is 0. The number of hydrogen-bond donors (Lipinski definition) is 3. The molecule has 0 saturated heterocycles. The Morgan fingerprint density at radius 1 is 1.07 bits per heavy atom. The summed E-state index contributed by atoms with van der Waals surface area (Å²) in [6.07, 6.45) is -2.78. The standard InChI is InChI=1S/C18H22F4N6.HI/c1-2-23-16(24-9-7-13-3-5-14(19)6-4-13)26-11-12-27-17-25-10-8-15(28-17)18(20,21)22;/h3-6,8,10H,2,7,9,11-12H2,1H3,(H2,23,24,26)(H,25,27,28);1H. The molecular formula is C18H23F4IN6. The lowest BCUT2D eigenvalue weighted by Crippen LogP contribution is -2.39. The smallest absolute Gasteiger partial charge is 0.357 e. The maximum atomic E-state index is 12.9. The average Bonchev–Trinajstić information content (AvgIpc) is 2.66. The Morgan fingerprint density at radius 2 is 1.79 bits per heavy atom. The van der Waals surface area contributed by atoms with Gasteiger partial charge in [0.25, 0.3) is 0 Å². The molecule has 0 saturated carbocycles. The molecule has 29 heavy (non-hydrogen) atoms. The molecule has 0 radical (unpaired) electrons. The number of benzene rings is 1. The fourth-order valence-corrected chi connectivity index (χ4v) is 2.25. The van der Waals surface area contributed by atoms with Crippen LogP contribution in [0.15, 0.2) is 41.5 Å². The summed E-state index contributed by atoms with van der Waals surface area (Å²) < 4.78 is 50.8. The molecule has 0 aliphatic rings. The van der Waals surface area contributed by atoms with E-state index in [1.165, 1.54) is 12.1 Å². The van der Waals surface area contributed by atoms with Crippen molar-refractivity contribution in [3.05, 3.63) is 53.6 Å². The molecule has 160 valence electrons. The molecule has 1 aromatic carbocycles. The summed E-state index contributed by atoms with van der Waals surface area (Å²) in [6, 6.07) is 7.06. The van der Waals surface area contributed by atoms with E-state index in [0.29, 0.717) is 38.6 Å². The van der Waals surface area contributed by atoms with Gasteiger partial charge in [-0.1, -0.05) is 12.1 Å². The first kappa shape index (κ1) is 24.9. The zero-order chi connectivity index (χ0) is 20.4. The van der Waals surface area contributed by atoms with Gasteiger partial charge < -0.3 is 16.0 Å². The summed E-state index contributed by atoms with van der Waals surface area (Å²) in [5, 5.41) is 8.89. The second-order valence-corrected chi connectivity index (χ2v) is 5.75. The van der Waals surface area contributed by atoms with Crippen LogP contribution in [0.1, 0.15) is 18.2 Å². The van der Waals surface area contributed by atoms with Crippen molar-refractivity contribution in [2.45, 2.75) is 19.5 Å². The summed E-state index contributed by atoms with van der Waals surface area (Å²) >= 11 is 0. The second kappa shape index (κ2) is 12.4. The molecule has 2 rings (SSSR count). The largest absolute Gasteiger partial charge is 0.433 e. The zero-order valence-corrected chi connectivity index (χ0v) is 18.1. The van der Waals surface area contributed by atoms with Crippen molar-refractivity contribution in [2.24, 2.45) is 4.99 Å². The van der Waals surface area contributed by atoms with E-state index in [-0.39, 0.29) is 35.7 Å². The van der Waals surface area contributed by atoms with Crippen LogP contribution in [0.3, 0.4) is 0 Å². The molecule has 0 atom stereocenters. The van der Waals surface area contributed by atoms with Crippen LogP contribution >= 0.6 is 24.0 Å². The molecule has 0 aliphatic carbocycles. The number of aromatic nitrogens is 2. The fourth-order valence-electron chi connectivity index (χ4n) is 2.25. The molecule has 0 bridgehead atoms. The first-order valence-electron chi connectivity index (χ1n) is 8.79. The number of anilines is 1. The van der Waals surface area contributed by atoms with Crippen LogP contribution in [0.4, 0.5) is 23.5 Å². The first-order valence-corrected chi connectivity index (χ1v) is 8.79. The molecular weight excluding hydrogens is 503 g/mol. The van der Waals surface area contributed by atoms with Gasteiger partial charge in [0, 0.05) is 32.4 Å². The van der Waals surface area contributed by atoms with Gasteiger partial charge in [-0.15, -0.1) is 24.0 Å². The quantitative estimate of drug-likeness (QED) is 0.162. The highest BCUT2D eigenvalue weighted by Crippen LogP contribution is 2.27. The second-order valence-electron chi connectivity index (χ2n) is 5.75. The van der Waals surface area contributed by atoms with Gasteiger partial charge in [-0.25, -0.2) is 14.4 Å². The van der Waals surface area contributed by atoms with E-state index < -0.39 is 11.9 Å². The lowest BCUT2D eigenvalue weighted by molar-refractivity contribution is -0.141. The molecule has 0 amide bonds. The third-order valence-electron chi connectivity index (χ3n) is 3.57. The molecule has 0 aliphatic heterocycles. The van der Waals surface area contributed by atoms with Crippen LogP contribution < -0.4 is 16.0 Å². The van der Waals surface area contributed by atoms with Crippen molar-refractivity contribution < 1.29 is 17.6 Å². The number of nitrogens with one attached hydrogen (secondary N) is 3. The van der Waals surface area contributed by atoms with Crippen LogP contribution in [-0.2, 0) is 12.6 Å². The Morgan fingerprint density at radius 3 is 2.45 bits per heavy atom. The SMILES string of the molecule is CCNC(=NCCc1ccc(F)cc1)NCCNc1nccc(C(F)(F)F)n1.I.